The lowest BCUT2D eigenvalue weighted by molar-refractivity contribution is 0.153. The number of rotatable bonds is 5. The summed E-state index contributed by atoms with van der Waals surface area (Å²) in [6, 6.07) is 7.55. The molecule has 0 spiro atoms. The highest BCUT2D eigenvalue weighted by Gasteiger charge is 2.21. The lowest BCUT2D eigenvalue weighted by Gasteiger charge is -2.29. The maximum absolute atomic E-state index is 5.89. The molecule has 0 aliphatic rings. The molecule has 0 bridgehead atoms. The lowest BCUT2D eigenvalue weighted by atomic mass is 10.0. The second-order valence-electron chi connectivity index (χ2n) is 3.83. The van der Waals surface area contributed by atoms with Crippen LogP contribution in [0.4, 0.5) is 5.69 Å². The van der Waals surface area contributed by atoms with Crippen LogP contribution >= 0.6 is 11.6 Å². The maximum atomic E-state index is 5.89. The molecule has 0 aliphatic heterocycles. The van der Waals surface area contributed by atoms with Gasteiger partial charge in [0.05, 0.1) is 12.1 Å². The minimum atomic E-state index is -0.264. The molecule has 1 unspecified atom stereocenters. The number of ether oxygens (including phenoxy) is 1. The Hall–Kier alpha value is -0.770. The van der Waals surface area contributed by atoms with Crippen molar-refractivity contribution in [1.82, 2.24) is 0 Å². The van der Waals surface area contributed by atoms with Gasteiger partial charge in [-0.3, -0.25) is 0 Å². The van der Waals surface area contributed by atoms with E-state index in [1.165, 1.54) is 0 Å². The fourth-order valence-electron chi connectivity index (χ4n) is 1.38. The van der Waals surface area contributed by atoms with E-state index in [-0.39, 0.29) is 5.54 Å². The van der Waals surface area contributed by atoms with Crippen molar-refractivity contribution in [2.24, 2.45) is 5.73 Å². The molecule has 0 heterocycles. The summed E-state index contributed by atoms with van der Waals surface area (Å²) in [5, 5.41) is 4.02. The number of hydrogen-bond acceptors (Lipinski definition) is 3. The van der Waals surface area contributed by atoms with Crippen LogP contribution in [-0.2, 0) is 4.74 Å². The second-order valence-corrected chi connectivity index (χ2v) is 4.27. The predicted molar refractivity (Wildman–Crippen MR) is 64.4 cm³/mol. The van der Waals surface area contributed by atoms with Crippen molar-refractivity contribution in [3.63, 3.8) is 0 Å². The van der Waals surface area contributed by atoms with Crippen molar-refractivity contribution < 1.29 is 4.74 Å². The van der Waals surface area contributed by atoms with Crippen molar-refractivity contribution >= 4 is 17.3 Å². The smallest absolute Gasteiger partial charge is 0.0702 e. The number of methoxy groups -OCH3 is 1. The van der Waals surface area contributed by atoms with Crippen molar-refractivity contribution in [1.29, 1.82) is 0 Å². The van der Waals surface area contributed by atoms with Crippen LogP contribution in [0.2, 0.25) is 5.02 Å². The van der Waals surface area contributed by atoms with Crippen LogP contribution in [0.3, 0.4) is 0 Å². The number of anilines is 1. The average Bonchev–Trinajstić information content (AvgIpc) is 2.18. The number of nitrogens with two attached hydrogens (primary N) is 1. The van der Waals surface area contributed by atoms with Gasteiger partial charge in [0.25, 0.3) is 0 Å². The molecule has 0 fully saturated rings. The summed E-state index contributed by atoms with van der Waals surface area (Å²) in [5.41, 5.74) is 6.39. The van der Waals surface area contributed by atoms with Crippen LogP contribution < -0.4 is 11.1 Å². The summed E-state index contributed by atoms with van der Waals surface area (Å²) in [6.45, 7) is 3.06. The van der Waals surface area contributed by atoms with Crippen molar-refractivity contribution in [3.8, 4) is 0 Å². The molecule has 1 rings (SSSR count). The predicted octanol–water partition coefficient (Wildman–Crippen LogP) is 2.12. The van der Waals surface area contributed by atoms with Crippen LogP contribution in [0.25, 0.3) is 0 Å². The zero-order chi connectivity index (χ0) is 11.3. The molecule has 0 radical (unpaired) electrons. The second kappa shape index (κ2) is 5.35. The van der Waals surface area contributed by atoms with Gasteiger partial charge in [-0.15, -0.1) is 0 Å². The zero-order valence-electron chi connectivity index (χ0n) is 9.09. The Labute approximate surface area is 95.6 Å². The van der Waals surface area contributed by atoms with Crippen molar-refractivity contribution in [2.75, 3.05) is 25.6 Å². The zero-order valence-corrected chi connectivity index (χ0v) is 9.84. The molecule has 84 valence electrons. The molecule has 0 saturated heterocycles. The van der Waals surface area contributed by atoms with Crippen molar-refractivity contribution in [2.45, 2.75) is 12.5 Å². The maximum Gasteiger partial charge on any atom is 0.0702 e. The van der Waals surface area contributed by atoms with Gasteiger partial charge in [0.1, 0.15) is 0 Å². The molecule has 1 aromatic carbocycles. The third-order valence-corrected chi connectivity index (χ3v) is 2.42. The van der Waals surface area contributed by atoms with E-state index in [1.54, 1.807) is 7.11 Å². The molecule has 1 atom stereocenters. The summed E-state index contributed by atoms with van der Waals surface area (Å²) in [4.78, 5) is 0. The van der Waals surface area contributed by atoms with E-state index >= 15 is 0 Å². The molecular formula is C11H17ClN2O. The summed E-state index contributed by atoms with van der Waals surface area (Å²) in [5.74, 6) is 0. The van der Waals surface area contributed by atoms with Gasteiger partial charge in [-0.05, 0) is 25.1 Å². The Morgan fingerprint density at radius 3 is 2.80 bits per heavy atom. The molecular weight excluding hydrogens is 212 g/mol. The molecule has 0 aromatic heterocycles. The van der Waals surface area contributed by atoms with E-state index in [4.69, 9.17) is 22.1 Å². The summed E-state index contributed by atoms with van der Waals surface area (Å²) in [7, 11) is 1.66. The van der Waals surface area contributed by atoms with E-state index in [2.05, 4.69) is 5.32 Å². The number of benzene rings is 1. The lowest BCUT2D eigenvalue weighted by Crippen LogP contribution is -2.46. The normalized spacial score (nSPS) is 14.7. The largest absolute Gasteiger partial charge is 0.382 e. The fraction of sp³-hybridized carbons (Fsp3) is 0.455. The van der Waals surface area contributed by atoms with E-state index < -0.39 is 0 Å². The Balaban J connectivity index is 2.74. The number of nitrogens with one attached hydrogen (secondary N) is 1. The van der Waals surface area contributed by atoms with Gasteiger partial charge in [0.2, 0.25) is 0 Å². The Bertz CT molecular complexity index is 319. The fourth-order valence-corrected chi connectivity index (χ4v) is 1.57. The first-order chi connectivity index (χ1) is 7.09. The monoisotopic (exact) mass is 228 g/mol. The van der Waals surface area contributed by atoms with Gasteiger partial charge in [0.15, 0.2) is 0 Å². The van der Waals surface area contributed by atoms with Crippen LogP contribution in [0.1, 0.15) is 6.92 Å². The van der Waals surface area contributed by atoms with E-state index in [1.807, 2.05) is 31.2 Å². The number of hydrogen-bond donors (Lipinski definition) is 2. The molecule has 3 nitrogen and oxygen atoms in total. The summed E-state index contributed by atoms with van der Waals surface area (Å²) >= 11 is 5.89. The van der Waals surface area contributed by atoms with Gasteiger partial charge in [-0.1, -0.05) is 17.7 Å². The van der Waals surface area contributed by atoms with Gasteiger partial charge in [-0.2, -0.15) is 0 Å². The van der Waals surface area contributed by atoms with Crippen LogP contribution in [0, 0.1) is 0 Å². The highest BCUT2D eigenvalue weighted by molar-refractivity contribution is 6.30. The quantitative estimate of drug-likeness (QED) is 0.812. The highest BCUT2D eigenvalue weighted by atomic mass is 35.5. The molecule has 1 aromatic rings. The molecule has 0 saturated carbocycles. The third-order valence-electron chi connectivity index (χ3n) is 2.18. The standard InChI is InChI=1S/C11H17ClN2O/c1-11(7-13,8-15-2)14-10-5-3-4-9(12)6-10/h3-6,14H,7-8,13H2,1-2H3. The summed E-state index contributed by atoms with van der Waals surface area (Å²) in [6.07, 6.45) is 0. The Morgan fingerprint density at radius 1 is 1.53 bits per heavy atom. The first-order valence-corrected chi connectivity index (χ1v) is 5.20. The third kappa shape index (κ3) is 3.70. The van der Waals surface area contributed by atoms with Crippen molar-refractivity contribution in [3.05, 3.63) is 29.3 Å². The number of halogens is 1. The molecule has 3 N–H and O–H groups in total. The van der Waals surface area contributed by atoms with Gasteiger partial charge in [0, 0.05) is 24.4 Å². The van der Waals surface area contributed by atoms with E-state index in [0.29, 0.717) is 18.2 Å². The summed E-state index contributed by atoms with van der Waals surface area (Å²) < 4.78 is 5.12. The molecule has 4 heteroatoms. The van der Waals surface area contributed by atoms with Gasteiger partial charge < -0.3 is 15.8 Å². The van der Waals surface area contributed by atoms with Gasteiger partial charge >= 0.3 is 0 Å². The first-order valence-electron chi connectivity index (χ1n) is 4.82. The average molecular weight is 229 g/mol. The Kier molecular flexibility index (Phi) is 4.39. The highest BCUT2D eigenvalue weighted by Crippen LogP contribution is 2.19. The molecule has 15 heavy (non-hydrogen) atoms. The SMILES string of the molecule is COCC(C)(CN)Nc1cccc(Cl)c1. The topological polar surface area (TPSA) is 47.3 Å². The van der Waals surface area contributed by atoms with Gasteiger partial charge in [-0.25, -0.2) is 0 Å². The van der Waals surface area contributed by atoms with Crippen LogP contribution in [-0.4, -0.2) is 25.8 Å². The van der Waals surface area contributed by atoms with E-state index in [0.717, 1.165) is 5.69 Å². The molecule has 0 amide bonds. The minimum Gasteiger partial charge on any atom is -0.382 e. The molecule has 0 aliphatic carbocycles. The van der Waals surface area contributed by atoms with E-state index in [9.17, 15) is 0 Å². The minimum absolute atomic E-state index is 0.264. The first kappa shape index (κ1) is 12.3. The Morgan fingerprint density at radius 2 is 2.27 bits per heavy atom. The van der Waals surface area contributed by atoms with Crippen LogP contribution in [0.5, 0.6) is 0 Å². The van der Waals surface area contributed by atoms with Crippen LogP contribution in [0.15, 0.2) is 24.3 Å².